The molecule has 1 aliphatic rings. The number of hydrogen-bond donors (Lipinski definition) is 1. The average Bonchev–Trinajstić information content (AvgIpc) is 2.64. The fourth-order valence-corrected chi connectivity index (χ4v) is 2.18. The zero-order chi connectivity index (χ0) is 14.4. The number of fused-ring (bicyclic) bond motifs is 1. The van der Waals surface area contributed by atoms with Gasteiger partial charge in [-0.15, -0.1) is 0 Å². The molecular formula is C14H18F2N2O. The highest BCUT2D eigenvalue weighted by molar-refractivity contribution is 6.00. The second-order valence-electron chi connectivity index (χ2n) is 5.64. The van der Waals surface area contributed by atoms with E-state index in [0.29, 0.717) is 11.3 Å². The molecule has 1 heterocycles. The molecule has 1 aromatic carbocycles. The maximum absolute atomic E-state index is 14.4. The van der Waals surface area contributed by atoms with Crippen molar-refractivity contribution in [2.75, 3.05) is 18.5 Å². The summed E-state index contributed by atoms with van der Waals surface area (Å²) in [5, 5.41) is 0. The fraction of sp³-hybridized carbons (Fsp3) is 0.500. The van der Waals surface area contributed by atoms with Crippen LogP contribution in [-0.2, 0) is 17.1 Å². The van der Waals surface area contributed by atoms with E-state index in [1.54, 1.807) is 13.1 Å². The Balaban J connectivity index is 2.45. The van der Waals surface area contributed by atoms with Crippen LogP contribution in [0.25, 0.3) is 0 Å². The molecule has 0 saturated heterocycles. The lowest BCUT2D eigenvalue weighted by atomic mass is 9.81. The third-order valence-corrected chi connectivity index (χ3v) is 3.88. The molecule has 0 saturated carbocycles. The Morgan fingerprint density at radius 1 is 1.37 bits per heavy atom. The fourth-order valence-electron chi connectivity index (χ4n) is 2.18. The summed E-state index contributed by atoms with van der Waals surface area (Å²) >= 11 is 0. The molecular weight excluding hydrogens is 250 g/mol. The van der Waals surface area contributed by atoms with E-state index < -0.39 is 11.3 Å². The van der Waals surface area contributed by atoms with Crippen LogP contribution in [0.15, 0.2) is 18.2 Å². The van der Waals surface area contributed by atoms with Crippen molar-refractivity contribution in [3.8, 4) is 0 Å². The molecule has 3 nitrogen and oxygen atoms in total. The van der Waals surface area contributed by atoms with Crippen LogP contribution < -0.4 is 10.6 Å². The van der Waals surface area contributed by atoms with Crippen molar-refractivity contribution in [1.82, 2.24) is 0 Å². The van der Waals surface area contributed by atoms with Gasteiger partial charge in [0.2, 0.25) is 5.91 Å². The number of anilines is 1. The van der Waals surface area contributed by atoms with Crippen molar-refractivity contribution >= 4 is 11.6 Å². The number of carbonyl (C=O) groups is 1. The average molecular weight is 268 g/mol. The number of carbonyl (C=O) groups excluding carboxylic acids is 1. The molecule has 1 aromatic rings. The van der Waals surface area contributed by atoms with Gasteiger partial charge in [-0.25, -0.2) is 8.78 Å². The molecule has 2 rings (SSSR count). The summed E-state index contributed by atoms with van der Waals surface area (Å²) < 4.78 is 28.8. The van der Waals surface area contributed by atoms with Crippen LogP contribution in [-0.4, -0.2) is 19.5 Å². The highest BCUT2D eigenvalue weighted by Crippen LogP contribution is 2.45. The smallest absolute Gasteiger partial charge is 0.279 e. The third-order valence-electron chi connectivity index (χ3n) is 3.88. The summed E-state index contributed by atoms with van der Waals surface area (Å²) in [6.07, 6.45) is 0.179. The van der Waals surface area contributed by atoms with E-state index in [9.17, 15) is 13.6 Å². The van der Waals surface area contributed by atoms with Crippen molar-refractivity contribution in [3.05, 3.63) is 29.3 Å². The van der Waals surface area contributed by atoms with Crippen LogP contribution in [0.1, 0.15) is 25.0 Å². The molecule has 0 unspecified atom stereocenters. The van der Waals surface area contributed by atoms with Gasteiger partial charge in [0, 0.05) is 30.3 Å². The third kappa shape index (κ3) is 2.02. The van der Waals surface area contributed by atoms with Gasteiger partial charge in [-0.3, -0.25) is 4.79 Å². The van der Waals surface area contributed by atoms with Crippen molar-refractivity contribution in [3.63, 3.8) is 0 Å². The van der Waals surface area contributed by atoms with Gasteiger partial charge in [-0.05, 0) is 17.7 Å². The number of benzene rings is 1. The summed E-state index contributed by atoms with van der Waals surface area (Å²) in [7, 11) is 1.65. The Kier molecular flexibility index (Phi) is 3.13. The molecule has 1 aliphatic heterocycles. The van der Waals surface area contributed by atoms with Crippen molar-refractivity contribution < 1.29 is 13.6 Å². The highest BCUT2D eigenvalue weighted by atomic mass is 19.3. The minimum Gasteiger partial charge on any atom is -0.330 e. The van der Waals surface area contributed by atoms with E-state index >= 15 is 0 Å². The molecule has 1 amide bonds. The van der Waals surface area contributed by atoms with Gasteiger partial charge < -0.3 is 10.6 Å². The zero-order valence-electron chi connectivity index (χ0n) is 11.3. The predicted molar refractivity (Wildman–Crippen MR) is 70.3 cm³/mol. The Morgan fingerprint density at radius 3 is 2.58 bits per heavy atom. The van der Waals surface area contributed by atoms with Gasteiger partial charge in [0.25, 0.3) is 5.92 Å². The quantitative estimate of drug-likeness (QED) is 0.914. The number of hydrogen-bond acceptors (Lipinski definition) is 2. The monoisotopic (exact) mass is 268 g/mol. The molecule has 0 aromatic heterocycles. The van der Waals surface area contributed by atoms with E-state index in [4.69, 9.17) is 5.73 Å². The SMILES string of the molecule is CN1C(=O)Cc2cc(C(F)(F)C(C)(C)CN)ccc21. The summed E-state index contributed by atoms with van der Waals surface area (Å²) in [5.74, 6) is -3.10. The summed E-state index contributed by atoms with van der Waals surface area (Å²) in [6.45, 7) is 2.77. The number of nitrogens with two attached hydrogens (primary N) is 1. The Labute approximate surface area is 111 Å². The van der Waals surface area contributed by atoms with E-state index in [-0.39, 0.29) is 24.4 Å². The molecule has 0 radical (unpaired) electrons. The van der Waals surface area contributed by atoms with Crippen LogP contribution in [0, 0.1) is 5.41 Å². The van der Waals surface area contributed by atoms with E-state index in [2.05, 4.69) is 0 Å². The molecule has 19 heavy (non-hydrogen) atoms. The minimum atomic E-state index is -3.03. The van der Waals surface area contributed by atoms with Crippen LogP contribution in [0.2, 0.25) is 0 Å². The van der Waals surface area contributed by atoms with Crippen LogP contribution in [0.4, 0.5) is 14.5 Å². The van der Waals surface area contributed by atoms with Gasteiger partial charge >= 0.3 is 0 Å². The lowest BCUT2D eigenvalue weighted by molar-refractivity contribution is -0.117. The molecule has 0 aliphatic carbocycles. The number of likely N-dealkylation sites (N-methyl/N-ethyl adjacent to an activating group) is 1. The molecule has 0 fully saturated rings. The zero-order valence-corrected chi connectivity index (χ0v) is 11.3. The summed E-state index contributed by atoms with van der Waals surface area (Å²) in [6, 6.07) is 4.38. The van der Waals surface area contributed by atoms with Crippen LogP contribution >= 0.6 is 0 Å². The number of halogens is 2. The second-order valence-corrected chi connectivity index (χ2v) is 5.64. The second kappa shape index (κ2) is 4.27. The Morgan fingerprint density at radius 2 is 2.00 bits per heavy atom. The predicted octanol–water partition coefficient (Wildman–Crippen LogP) is 2.28. The Bertz CT molecular complexity index is 526. The number of alkyl halides is 2. The Hall–Kier alpha value is -1.49. The number of nitrogens with zero attached hydrogens (tertiary/aromatic N) is 1. The van der Waals surface area contributed by atoms with Crippen molar-refractivity contribution in [1.29, 1.82) is 0 Å². The highest BCUT2D eigenvalue weighted by Gasteiger charge is 2.47. The molecule has 0 bridgehead atoms. The topological polar surface area (TPSA) is 46.3 Å². The van der Waals surface area contributed by atoms with E-state index in [0.717, 1.165) is 0 Å². The maximum Gasteiger partial charge on any atom is 0.279 e. The summed E-state index contributed by atoms with van der Waals surface area (Å²) in [4.78, 5) is 13.1. The van der Waals surface area contributed by atoms with Gasteiger partial charge in [-0.1, -0.05) is 19.9 Å². The molecule has 104 valence electrons. The van der Waals surface area contributed by atoms with Gasteiger partial charge in [0.15, 0.2) is 0 Å². The molecule has 0 atom stereocenters. The molecule has 5 heteroatoms. The van der Waals surface area contributed by atoms with Crippen molar-refractivity contribution in [2.24, 2.45) is 11.1 Å². The lowest BCUT2D eigenvalue weighted by Gasteiger charge is -2.33. The van der Waals surface area contributed by atoms with Crippen LogP contribution in [0.3, 0.4) is 0 Å². The molecule has 0 spiro atoms. The first-order valence-corrected chi connectivity index (χ1v) is 6.18. The minimum absolute atomic E-state index is 0.0754. The largest absolute Gasteiger partial charge is 0.330 e. The van der Waals surface area contributed by atoms with Crippen molar-refractivity contribution in [2.45, 2.75) is 26.2 Å². The van der Waals surface area contributed by atoms with Gasteiger partial charge in [0.1, 0.15) is 0 Å². The van der Waals surface area contributed by atoms with Gasteiger partial charge in [0.05, 0.1) is 6.42 Å². The molecule has 2 N–H and O–H groups in total. The van der Waals surface area contributed by atoms with E-state index in [1.807, 2.05) is 0 Å². The maximum atomic E-state index is 14.4. The van der Waals surface area contributed by atoms with E-state index in [1.165, 1.54) is 30.9 Å². The summed E-state index contributed by atoms with van der Waals surface area (Å²) in [5.41, 5.74) is 5.40. The lowest BCUT2D eigenvalue weighted by Crippen LogP contribution is -2.40. The van der Waals surface area contributed by atoms with Crippen LogP contribution in [0.5, 0.6) is 0 Å². The standard InChI is InChI=1S/C14H18F2N2O/c1-13(2,8-17)14(15,16)10-4-5-11-9(6-10)7-12(19)18(11)3/h4-6H,7-8,17H2,1-3H3. The first-order valence-electron chi connectivity index (χ1n) is 6.18. The number of rotatable bonds is 3. The first kappa shape index (κ1) is 13.9. The van der Waals surface area contributed by atoms with Gasteiger partial charge in [-0.2, -0.15) is 0 Å². The number of amides is 1. The first-order chi connectivity index (χ1) is 8.70. The normalized spacial score (nSPS) is 15.9.